The van der Waals surface area contributed by atoms with Gasteiger partial charge in [0.05, 0.1) is 0 Å². The smallest absolute Gasteiger partial charge is 0.0449 e. The molecule has 2 rings (SSSR count). The number of nitrogens with two attached hydrogens (primary N) is 1. The van der Waals surface area contributed by atoms with Crippen molar-refractivity contribution < 1.29 is 0 Å². The van der Waals surface area contributed by atoms with Gasteiger partial charge in [0.2, 0.25) is 0 Å². The van der Waals surface area contributed by atoms with Crippen molar-refractivity contribution in [2.24, 2.45) is 5.73 Å². The summed E-state index contributed by atoms with van der Waals surface area (Å²) in [7, 11) is 0. The van der Waals surface area contributed by atoms with Crippen LogP contribution in [0, 0.1) is 0 Å². The lowest BCUT2D eigenvalue weighted by atomic mass is 10.1. The van der Waals surface area contributed by atoms with Crippen molar-refractivity contribution in [3.63, 3.8) is 0 Å². The summed E-state index contributed by atoms with van der Waals surface area (Å²) in [4.78, 5) is 1.19. The van der Waals surface area contributed by atoms with Crippen molar-refractivity contribution in [1.29, 1.82) is 0 Å². The van der Waals surface area contributed by atoms with E-state index in [9.17, 15) is 0 Å². The van der Waals surface area contributed by atoms with E-state index < -0.39 is 0 Å². The molecule has 1 nitrogen and oxygen atoms in total. The fourth-order valence-electron chi connectivity index (χ4n) is 1.53. The van der Waals surface area contributed by atoms with Gasteiger partial charge in [0.25, 0.3) is 0 Å². The molecule has 16 heavy (non-hydrogen) atoms. The summed E-state index contributed by atoms with van der Waals surface area (Å²) in [5.41, 5.74) is 7.21. The summed E-state index contributed by atoms with van der Waals surface area (Å²) >= 11 is 11.2. The number of hydrogen-bond donors (Lipinski definition) is 1. The zero-order chi connectivity index (χ0) is 11.5. The van der Waals surface area contributed by atoms with Crippen molar-refractivity contribution >= 4 is 38.9 Å². The molecule has 1 atom stereocenters. The summed E-state index contributed by atoms with van der Waals surface area (Å²) in [6.45, 7) is 0. The van der Waals surface area contributed by atoms with Gasteiger partial charge in [-0.25, -0.2) is 0 Å². The normalized spacial score (nSPS) is 12.7. The molecular formula is C12H11BrClNS. The summed E-state index contributed by atoms with van der Waals surface area (Å²) in [5.74, 6) is 0. The molecule has 0 fully saturated rings. The van der Waals surface area contributed by atoms with E-state index in [1.807, 2.05) is 29.6 Å². The Morgan fingerprint density at radius 2 is 2.19 bits per heavy atom. The molecule has 4 heteroatoms. The Morgan fingerprint density at radius 3 is 2.81 bits per heavy atom. The van der Waals surface area contributed by atoms with Gasteiger partial charge in [-0.2, -0.15) is 0 Å². The SMILES string of the molecule is NC(Cc1ccc(Br)cc1Cl)c1cccs1. The van der Waals surface area contributed by atoms with Crippen LogP contribution in [-0.4, -0.2) is 0 Å². The van der Waals surface area contributed by atoms with Crippen molar-refractivity contribution in [3.8, 4) is 0 Å². The van der Waals surface area contributed by atoms with E-state index in [2.05, 4.69) is 22.0 Å². The van der Waals surface area contributed by atoms with Crippen LogP contribution in [-0.2, 0) is 6.42 Å². The molecule has 1 aromatic heterocycles. The zero-order valence-electron chi connectivity index (χ0n) is 8.49. The topological polar surface area (TPSA) is 26.0 Å². The van der Waals surface area contributed by atoms with Gasteiger partial charge in [0.15, 0.2) is 0 Å². The Bertz CT molecular complexity index is 470. The first-order valence-electron chi connectivity index (χ1n) is 4.89. The van der Waals surface area contributed by atoms with Crippen LogP contribution in [0.5, 0.6) is 0 Å². The van der Waals surface area contributed by atoms with Gasteiger partial charge in [0.1, 0.15) is 0 Å². The van der Waals surface area contributed by atoms with E-state index in [-0.39, 0.29) is 6.04 Å². The lowest BCUT2D eigenvalue weighted by Gasteiger charge is -2.11. The molecule has 0 bridgehead atoms. The van der Waals surface area contributed by atoms with Crippen LogP contribution in [0.3, 0.4) is 0 Å². The molecule has 0 aliphatic rings. The first kappa shape index (κ1) is 12.1. The highest BCUT2D eigenvalue weighted by Crippen LogP contribution is 2.26. The summed E-state index contributed by atoms with van der Waals surface area (Å²) in [5, 5.41) is 2.81. The fraction of sp³-hybridized carbons (Fsp3) is 0.167. The fourth-order valence-corrected chi connectivity index (χ4v) is 3.01. The van der Waals surface area contributed by atoms with Crippen molar-refractivity contribution in [3.05, 3.63) is 55.6 Å². The summed E-state index contributed by atoms with van der Waals surface area (Å²) < 4.78 is 0.992. The first-order valence-corrected chi connectivity index (χ1v) is 6.95. The molecule has 0 spiro atoms. The number of halogens is 2. The molecule has 84 valence electrons. The Balaban J connectivity index is 2.15. The summed E-state index contributed by atoms with van der Waals surface area (Å²) in [6, 6.07) is 10.0. The van der Waals surface area contributed by atoms with Gasteiger partial charge >= 0.3 is 0 Å². The average Bonchev–Trinajstić information content (AvgIpc) is 2.75. The van der Waals surface area contributed by atoms with Crippen LogP contribution in [0.4, 0.5) is 0 Å². The summed E-state index contributed by atoms with van der Waals surface area (Å²) in [6.07, 6.45) is 0.770. The lowest BCUT2D eigenvalue weighted by molar-refractivity contribution is 0.736. The Hall–Kier alpha value is -0.350. The van der Waals surface area contributed by atoms with Gasteiger partial charge < -0.3 is 5.73 Å². The van der Waals surface area contributed by atoms with Crippen molar-refractivity contribution in [2.75, 3.05) is 0 Å². The second kappa shape index (κ2) is 5.32. The molecule has 0 saturated heterocycles. The Morgan fingerprint density at radius 1 is 1.38 bits per heavy atom. The highest BCUT2D eigenvalue weighted by molar-refractivity contribution is 9.10. The second-order valence-electron chi connectivity index (χ2n) is 3.56. The van der Waals surface area contributed by atoms with E-state index >= 15 is 0 Å². The Labute approximate surface area is 112 Å². The molecule has 0 amide bonds. The van der Waals surface area contributed by atoms with Gasteiger partial charge in [-0.05, 0) is 35.6 Å². The molecule has 1 heterocycles. The monoisotopic (exact) mass is 315 g/mol. The van der Waals surface area contributed by atoms with E-state index in [1.165, 1.54) is 4.88 Å². The maximum atomic E-state index is 6.15. The minimum Gasteiger partial charge on any atom is -0.323 e. The molecule has 0 aliphatic heterocycles. The number of benzene rings is 1. The molecule has 1 aromatic carbocycles. The van der Waals surface area contributed by atoms with Crippen LogP contribution in [0.15, 0.2) is 40.2 Å². The van der Waals surface area contributed by atoms with Crippen LogP contribution in [0.2, 0.25) is 5.02 Å². The maximum absolute atomic E-state index is 6.15. The maximum Gasteiger partial charge on any atom is 0.0449 e. The van der Waals surface area contributed by atoms with E-state index in [4.69, 9.17) is 17.3 Å². The van der Waals surface area contributed by atoms with Crippen molar-refractivity contribution in [1.82, 2.24) is 0 Å². The number of hydrogen-bond acceptors (Lipinski definition) is 2. The Kier molecular flexibility index (Phi) is 4.03. The molecule has 0 saturated carbocycles. The third-order valence-electron chi connectivity index (χ3n) is 2.36. The molecule has 0 aliphatic carbocycles. The highest BCUT2D eigenvalue weighted by Gasteiger charge is 2.10. The molecule has 0 radical (unpaired) electrons. The second-order valence-corrected chi connectivity index (χ2v) is 5.86. The molecule has 2 N–H and O–H groups in total. The van der Waals surface area contributed by atoms with Gasteiger partial charge in [-0.15, -0.1) is 11.3 Å². The van der Waals surface area contributed by atoms with E-state index in [0.29, 0.717) is 0 Å². The predicted molar refractivity (Wildman–Crippen MR) is 74.1 cm³/mol. The van der Waals surface area contributed by atoms with E-state index in [0.717, 1.165) is 21.5 Å². The van der Waals surface area contributed by atoms with Gasteiger partial charge in [-0.3, -0.25) is 0 Å². The lowest BCUT2D eigenvalue weighted by Crippen LogP contribution is -2.11. The third-order valence-corrected chi connectivity index (χ3v) is 4.21. The standard InChI is InChI=1S/C12H11BrClNS/c13-9-4-3-8(10(14)7-9)6-11(15)12-2-1-5-16-12/h1-5,7,11H,6,15H2. The quantitative estimate of drug-likeness (QED) is 0.892. The van der Waals surface area contributed by atoms with Crippen LogP contribution in [0.25, 0.3) is 0 Å². The minimum atomic E-state index is 0.0266. The number of rotatable bonds is 3. The molecular weight excluding hydrogens is 306 g/mol. The van der Waals surface area contributed by atoms with Crippen LogP contribution in [0.1, 0.15) is 16.5 Å². The van der Waals surface area contributed by atoms with Crippen LogP contribution >= 0.6 is 38.9 Å². The average molecular weight is 317 g/mol. The first-order chi connectivity index (χ1) is 7.66. The van der Waals surface area contributed by atoms with Crippen LogP contribution < -0.4 is 5.73 Å². The third kappa shape index (κ3) is 2.86. The molecule has 1 unspecified atom stereocenters. The molecule has 2 aromatic rings. The number of thiophene rings is 1. The zero-order valence-corrected chi connectivity index (χ0v) is 11.6. The highest BCUT2D eigenvalue weighted by atomic mass is 79.9. The van der Waals surface area contributed by atoms with E-state index in [1.54, 1.807) is 11.3 Å². The van der Waals surface area contributed by atoms with Crippen molar-refractivity contribution in [2.45, 2.75) is 12.5 Å². The largest absolute Gasteiger partial charge is 0.323 e. The van der Waals surface area contributed by atoms with Gasteiger partial charge in [-0.1, -0.05) is 39.7 Å². The predicted octanol–water partition coefficient (Wildman–Crippen LogP) is 4.41. The van der Waals surface area contributed by atoms with Gasteiger partial charge in [0, 0.05) is 20.4 Å². The minimum absolute atomic E-state index is 0.0266.